The molecule has 6 nitrogen and oxygen atoms in total. The maximum Gasteiger partial charge on any atom is 0.276 e. The molecule has 136 valence electrons. The molecule has 0 aliphatic rings. The number of hydrogen-bond acceptors (Lipinski definition) is 4. The van der Waals surface area contributed by atoms with E-state index in [0.29, 0.717) is 11.5 Å². The third-order valence-corrected chi connectivity index (χ3v) is 3.34. The molecule has 2 rings (SSSR count). The summed E-state index contributed by atoms with van der Waals surface area (Å²) < 4.78 is 24.1. The largest absolute Gasteiger partial charge is 0.493 e. The van der Waals surface area contributed by atoms with E-state index in [0.717, 1.165) is 11.6 Å². The summed E-state index contributed by atoms with van der Waals surface area (Å²) in [6, 6.07) is 10.7. The molecule has 2 aromatic carbocycles. The third kappa shape index (κ3) is 5.07. The zero-order valence-corrected chi connectivity index (χ0v) is 14.4. The van der Waals surface area contributed by atoms with E-state index in [4.69, 9.17) is 9.47 Å². The van der Waals surface area contributed by atoms with Gasteiger partial charge in [0.2, 0.25) is 0 Å². The minimum absolute atomic E-state index is 0.171. The molecule has 0 atom stereocenters. The molecule has 7 heteroatoms. The molecule has 0 radical (unpaired) electrons. The summed E-state index contributed by atoms with van der Waals surface area (Å²) >= 11 is 0. The van der Waals surface area contributed by atoms with Crippen LogP contribution in [0.1, 0.15) is 22.8 Å². The van der Waals surface area contributed by atoms with Crippen molar-refractivity contribution < 1.29 is 23.5 Å². The molecule has 26 heavy (non-hydrogen) atoms. The Morgan fingerprint density at radius 1 is 1.12 bits per heavy atom. The fourth-order valence-electron chi connectivity index (χ4n) is 2.12. The molecule has 0 aliphatic heterocycles. The van der Waals surface area contributed by atoms with Gasteiger partial charge in [-0.2, -0.15) is 0 Å². The van der Waals surface area contributed by atoms with Crippen LogP contribution < -0.4 is 20.3 Å². The normalized spacial score (nSPS) is 10.4. The van der Waals surface area contributed by atoms with E-state index in [9.17, 15) is 14.0 Å². The first kappa shape index (κ1) is 19.0. The van der Waals surface area contributed by atoms with Crippen molar-refractivity contribution in [1.82, 2.24) is 10.9 Å². The van der Waals surface area contributed by atoms with E-state index in [1.807, 2.05) is 25.1 Å². The van der Waals surface area contributed by atoms with Crippen LogP contribution in [0.2, 0.25) is 0 Å². The Labute approximate surface area is 150 Å². The summed E-state index contributed by atoms with van der Waals surface area (Å²) in [5, 5.41) is 0. The van der Waals surface area contributed by atoms with Crippen LogP contribution in [0, 0.1) is 5.82 Å². The molecule has 0 spiro atoms. The van der Waals surface area contributed by atoms with Crippen molar-refractivity contribution in [2.24, 2.45) is 0 Å². The number of allylic oxidation sites excluding steroid dienone is 1. The molecule has 0 bridgehead atoms. The molecule has 2 N–H and O–H groups in total. The number of hydrazine groups is 1. The number of halogens is 1. The van der Waals surface area contributed by atoms with Crippen molar-refractivity contribution in [2.45, 2.75) is 6.92 Å². The van der Waals surface area contributed by atoms with Crippen molar-refractivity contribution in [2.75, 3.05) is 13.7 Å². The molecule has 0 unspecified atom stereocenters. The zero-order chi connectivity index (χ0) is 18.9. The number of carbonyl (C=O) groups excluding carboxylic acids is 2. The number of nitrogens with one attached hydrogen (secondary N) is 2. The standard InChI is InChI=1S/C19H19FN2O4/c1-3-6-13-9-10-16(17(11-13)25-2)26-12-18(23)21-22-19(24)14-7-4-5-8-15(14)20/h3-11H,12H2,1-2H3,(H,21,23)(H,22,24). The zero-order valence-electron chi connectivity index (χ0n) is 14.4. The van der Waals surface area contributed by atoms with E-state index in [2.05, 4.69) is 10.9 Å². The first-order valence-electron chi connectivity index (χ1n) is 7.82. The van der Waals surface area contributed by atoms with Crippen molar-refractivity contribution in [1.29, 1.82) is 0 Å². The van der Waals surface area contributed by atoms with Gasteiger partial charge < -0.3 is 9.47 Å². The molecule has 2 aromatic rings. The van der Waals surface area contributed by atoms with Gasteiger partial charge in [0.15, 0.2) is 18.1 Å². The molecule has 0 aromatic heterocycles. The van der Waals surface area contributed by atoms with Crippen LogP contribution >= 0.6 is 0 Å². The highest BCUT2D eigenvalue weighted by molar-refractivity contribution is 5.95. The Morgan fingerprint density at radius 2 is 1.88 bits per heavy atom. The van der Waals surface area contributed by atoms with Crippen LogP contribution in [0.3, 0.4) is 0 Å². The van der Waals surface area contributed by atoms with Crippen LogP contribution in [0.15, 0.2) is 48.5 Å². The van der Waals surface area contributed by atoms with Gasteiger partial charge in [0.1, 0.15) is 5.82 Å². The van der Waals surface area contributed by atoms with Gasteiger partial charge in [-0.25, -0.2) is 4.39 Å². The SMILES string of the molecule is CC=Cc1ccc(OCC(=O)NNC(=O)c2ccccc2F)c(OC)c1. The lowest BCUT2D eigenvalue weighted by Gasteiger charge is -2.12. The molecule has 0 saturated heterocycles. The average molecular weight is 358 g/mol. The smallest absolute Gasteiger partial charge is 0.276 e. The number of amides is 2. The second-order valence-electron chi connectivity index (χ2n) is 5.18. The number of carbonyl (C=O) groups is 2. The van der Waals surface area contributed by atoms with E-state index >= 15 is 0 Å². The molecule has 0 aliphatic carbocycles. The number of hydrogen-bond donors (Lipinski definition) is 2. The number of methoxy groups -OCH3 is 1. The van der Waals surface area contributed by atoms with E-state index < -0.39 is 17.6 Å². The fourth-order valence-corrected chi connectivity index (χ4v) is 2.12. The highest BCUT2D eigenvalue weighted by atomic mass is 19.1. The minimum atomic E-state index is -0.760. The molecule has 0 fully saturated rings. The Bertz CT molecular complexity index is 821. The Morgan fingerprint density at radius 3 is 2.58 bits per heavy atom. The summed E-state index contributed by atoms with van der Waals surface area (Å²) in [4.78, 5) is 23.6. The third-order valence-electron chi connectivity index (χ3n) is 3.34. The van der Waals surface area contributed by atoms with E-state index in [-0.39, 0.29) is 12.2 Å². The van der Waals surface area contributed by atoms with Crippen LogP contribution in [0.25, 0.3) is 6.08 Å². The highest BCUT2D eigenvalue weighted by Crippen LogP contribution is 2.28. The maximum absolute atomic E-state index is 13.5. The van der Waals surface area contributed by atoms with Crippen LogP contribution in [-0.2, 0) is 4.79 Å². The lowest BCUT2D eigenvalue weighted by atomic mass is 10.2. The summed E-state index contributed by atoms with van der Waals surface area (Å²) in [5.41, 5.74) is 5.05. The van der Waals surface area contributed by atoms with Crippen molar-refractivity contribution in [3.05, 3.63) is 65.5 Å². The molecular weight excluding hydrogens is 339 g/mol. The van der Waals surface area contributed by atoms with Gasteiger partial charge in [-0.3, -0.25) is 20.4 Å². The quantitative estimate of drug-likeness (QED) is 0.779. The summed E-state index contributed by atoms with van der Waals surface area (Å²) in [6.07, 6.45) is 3.79. The van der Waals surface area contributed by atoms with Crippen LogP contribution in [0.5, 0.6) is 11.5 Å². The van der Waals surface area contributed by atoms with Gasteiger partial charge in [0.25, 0.3) is 11.8 Å². The van der Waals surface area contributed by atoms with E-state index in [1.54, 1.807) is 12.1 Å². The molecular formula is C19H19FN2O4. The van der Waals surface area contributed by atoms with Crippen molar-refractivity contribution >= 4 is 17.9 Å². The van der Waals surface area contributed by atoms with Crippen molar-refractivity contribution in [3.8, 4) is 11.5 Å². The highest BCUT2D eigenvalue weighted by Gasteiger charge is 2.12. The summed E-state index contributed by atoms with van der Waals surface area (Å²) in [7, 11) is 1.50. The van der Waals surface area contributed by atoms with Gasteiger partial charge in [-0.05, 0) is 36.8 Å². The predicted molar refractivity (Wildman–Crippen MR) is 95.2 cm³/mol. The van der Waals surface area contributed by atoms with Crippen molar-refractivity contribution in [3.63, 3.8) is 0 Å². The first-order valence-corrected chi connectivity index (χ1v) is 7.82. The first-order chi connectivity index (χ1) is 12.5. The van der Waals surface area contributed by atoms with Crippen LogP contribution in [0.4, 0.5) is 4.39 Å². The molecule has 0 saturated carbocycles. The summed E-state index contributed by atoms with van der Waals surface area (Å²) in [5.74, 6) is -1.18. The number of ether oxygens (including phenoxy) is 2. The predicted octanol–water partition coefficient (Wildman–Crippen LogP) is 2.71. The molecule has 2 amide bonds. The van der Waals surface area contributed by atoms with Gasteiger partial charge >= 0.3 is 0 Å². The van der Waals surface area contributed by atoms with Gasteiger partial charge in [-0.1, -0.05) is 30.4 Å². The Kier molecular flexibility index (Phi) is 6.73. The lowest BCUT2D eigenvalue weighted by Crippen LogP contribution is -2.44. The number of rotatable bonds is 6. The van der Waals surface area contributed by atoms with Crippen LogP contribution in [-0.4, -0.2) is 25.5 Å². The minimum Gasteiger partial charge on any atom is -0.493 e. The monoisotopic (exact) mass is 358 g/mol. The second-order valence-corrected chi connectivity index (χ2v) is 5.18. The topological polar surface area (TPSA) is 76.7 Å². The molecule has 0 heterocycles. The summed E-state index contributed by atoms with van der Waals surface area (Å²) in [6.45, 7) is 1.55. The van der Waals surface area contributed by atoms with Gasteiger partial charge in [0, 0.05) is 0 Å². The Hall–Kier alpha value is -3.35. The Balaban J connectivity index is 1.89. The lowest BCUT2D eigenvalue weighted by molar-refractivity contribution is -0.123. The average Bonchev–Trinajstić information content (AvgIpc) is 2.65. The second kappa shape index (κ2) is 9.22. The van der Waals surface area contributed by atoms with Gasteiger partial charge in [0.05, 0.1) is 12.7 Å². The fraction of sp³-hybridized carbons (Fsp3) is 0.158. The van der Waals surface area contributed by atoms with Gasteiger partial charge in [-0.15, -0.1) is 0 Å². The van der Waals surface area contributed by atoms with E-state index in [1.165, 1.54) is 25.3 Å². The maximum atomic E-state index is 13.5. The number of benzene rings is 2.